The minimum absolute atomic E-state index is 0.0338. The van der Waals surface area contributed by atoms with Crippen LogP contribution in [0, 0.1) is 17.6 Å². The van der Waals surface area contributed by atoms with Crippen LogP contribution in [0.2, 0.25) is 0 Å². The van der Waals surface area contributed by atoms with Gasteiger partial charge in [-0.15, -0.1) is 0 Å². The molecule has 22 heavy (non-hydrogen) atoms. The van der Waals surface area contributed by atoms with Crippen molar-refractivity contribution in [2.45, 2.75) is 19.4 Å². The molecule has 1 saturated carbocycles. The molecule has 1 fully saturated rings. The first-order chi connectivity index (χ1) is 10.7. The molecule has 0 heterocycles. The summed E-state index contributed by atoms with van der Waals surface area (Å²) >= 11 is 0. The fourth-order valence-corrected chi connectivity index (χ4v) is 2.05. The molecular weight excluding hydrogens is 290 g/mol. The van der Waals surface area contributed by atoms with Gasteiger partial charge in [0.05, 0.1) is 13.2 Å². The van der Waals surface area contributed by atoms with Gasteiger partial charge in [-0.2, -0.15) is 0 Å². The predicted octanol–water partition coefficient (Wildman–Crippen LogP) is 4.04. The molecule has 5 heteroatoms. The molecule has 0 amide bonds. The topological polar surface area (TPSA) is 38.7 Å². The Morgan fingerprint density at radius 1 is 1.00 bits per heavy atom. The lowest BCUT2D eigenvalue weighted by atomic mass is 10.2. The van der Waals surface area contributed by atoms with Crippen molar-refractivity contribution in [2.24, 2.45) is 5.92 Å². The van der Waals surface area contributed by atoms with Gasteiger partial charge < -0.3 is 14.6 Å². The molecule has 0 radical (unpaired) electrons. The number of aliphatic hydroxyl groups is 1. The maximum atomic E-state index is 13.6. The zero-order valence-corrected chi connectivity index (χ0v) is 11.9. The van der Waals surface area contributed by atoms with Crippen LogP contribution in [-0.2, 0) is 6.61 Å². The number of halogens is 2. The van der Waals surface area contributed by atoms with Crippen molar-refractivity contribution < 1.29 is 23.4 Å². The number of benzene rings is 2. The standard InChI is InChI=1S/C17H16F2O3/c18-16-7-14(8-17(19)15(16)9-20)22-13-3-1-2-12(6-13)21-10-11-4-5-11/h1-3,6-8,11,20H,4-5,9-10H2. The van der Waals surface area contributed by atoms with Gasteiger partial charge in [0, 0.05) is 23.8 Å². The first kappa shape index (κ1) is 14.8. The van der Waals surface area contributed by atoms with Crippen LogP contribution in [0.15, 0.2) is 36.4 Å². The highest BCUT2D eigenvalue weighted by Crippen LogP contribution is 2.31. The van der Waals surface area contributed by atoms with E-state index >= 15 is 0 Å². The van der Waals surface area contributed by atoms with Crippen molar-refractivity contribution in [3.63, 3.8) is 0 Å². The van der Waals surface area contributed by atoms with Crippen molar-refractivity contribution >= 4 is 0 Å². The lowest BCUT2D eigenvalue weighted by Crippen LogP contribution is -1.99. The van der Waals surface area contributed by atoms with Crippen molar-refractivity contribution in [3.05, 3.63) is 53.6 Å². The van der Waals surface area contributed by atoms with E-state index in [1.54, 1.807) is 18.2 Å². The highest BCUT2D eigenvalue weighted by atomic mass is 19.1. The lowest BCUT2D eigenvalue weighted by molar-refractivity contribution is 0.268. The summed E-state index contributed by atoms with van der Waals surface area (Å²) in [5.74, 6) is 0.101. The molecule has 2 aromatic rings. The van der Waals surface area contributed by atoms with Crippen LogP contribution in [0.3, 0.4) is 0 Å². The molecular formula is C17H16F2O3. The Balaban J connectivity index is 1.73. The van der Waals surface area contributed by atoms with Crippen LogP contribution >= 0.6 is 0 Å². The van der Waals surface area contributed by atoms with Crippen molar-refractivity contribution in [3.8, 4) is 17.2 Å². The molecule has 1 aliphatic rings. The van der Waals surface area contributed by atoms with Gasteiger partial charge in [0.1, 0.15) is 28.9 Å². The number of rotatable bonds is 6. The van der Waals surface area contributed by atoms with Gasteiger partial charge in [0.15, 0.2) is 0 Å². The SMILES string of the molecule is OCc1c(F)cc(Oc2cccc(OCC3CC3)c2)cc1F. The van der Waals surface area contributed by atoms with E-state index in [9.17, 15) is 8.78 Å². The second-order valence-electron chi connectivity index (χ2n) is 5.35. The summed E-state index contributed by atoms with van der Waals surface area (Å²) in [6.45, 7) is -0.0135. The largest absolute Gasteiger partial charge is 0.493 e. The summed E-state index contributed by atoms with van der Waals surface area (Å²) in [7, 11) is 0. The van der Waals surface area contributed by atoms with Gasteiger partial charge >= 0.3 is 0 Å². The molecule has 0 spiro atoms. The Bertz CT molecular complexity index is 646. The summed E-state index contributed by atoms with van der Waals surface area (Å²) in [6, 6.07) is 9.02. The molecule has 116 valence electrons. The van der Waals surface area contributed by atoms with Gasteiger partial charge in [0.25, 0.3) is 0 Å². The number of aliphatic hydroxyl groups excluding tert-OH is 1. The average molecular weight is 306 g/mol. The smallest absolute Gasteiger partial charge is 0.135 e. The second kappa shape index (κ2) is 6.32. The summed E-state index contributed by atoms with van der Waals surface area (Å²) in [4.78, 5) is 0. The number of hydrogen-bond donors (Lipinski definition) is 1. The van der Waals surface area contributed by atoms with E-state index in [-0.39, 0.29) is 11.3 Å². The summed E-state index contributed by atoms with van der Waals surface area (Å²) < 4.78 is 38.3. The molecule has 0 unspecified atom stereocenters. The first-order valence-electron chi connectivity index (χ1n) is 7.15. The molecule has 0 bridgehead atoms. The quantitative estimate of drug-likeness (QED) is 0.875. The van der Waals surface area contributed by atoms with Gasteiger partial charge in [-0.25, -0.2) is 8.78 Å². The van der Waals surface area contributed by atoms with Gasteiger partial charge in [0.2, 0.25) is 0 Å². The number of ether oxygens (including phenoxy) is 2. The van der Waals surface area contributed by atoms with Crippen molar-refractivity contribution in [1.29, 1.82) is 0 Å². The van der Waals surface area contributed by atoms with Crippen LogP contribution in [0.5, 0.6) is 17.2 Å². The molecule has 0 aromatic heterocycles. The fraction of sp³-hybridized carbons (Fsp3) is 0.294. The van der Waals surface area contributed by atoms with E-state index in [1.807, 2.05) is 6.07 Å². The fourth-order valence-electron chi connectivity index (χ4n) is 2.05. The van der Waals surface area contributed by atoms with Crippen LogP contribution in [0.1, 0.15) is 18.4 Å². The maximum absolute atomic E-state index is 13.6. The van der Waals surface area contributed by atoms with E-state index in [0.29, 0.717) is 24.0 Å². The molecule has 0 saturated heterocycles. The monoisotopic (exact) mass is 306 g/mol. The molecule has 1 N–H and O–H groups in total. The van der Waals surface area contributed by atoms with Gasteiger partial charge in [-0.05, 0) is 30.9 Å². The third-order valence-electron chi connectivity index (χ3n) is 3.50. The third kappa shape index (κ3) is 3.54. The Kier molecular flexibility index (Phi) is 4.24. The zero-order chi connectivity index (χ0) is 15.5. The highest BCUT2D eigenvalue weighted by Gasteiger charge is 2.21. The summed E-state index contributed by atoms with van der Waals surface area (Å²) in [6.07, 6.45) is 2.40. The first-order valence-corrected chi connectivity index (χ1v) is 7.15. The van der Waals surface area contributed by atoms with Gasteiger partial charge in [-0.1, -0.05) is 6.07 Å². The Morgan fingerprint density at radius 2 is 1.68 bits per heavy atom. The van der Waals surface area contributed by atoms with Gasteiger partial charge in [-0.3, -0.25) is 0 Å². The Labute approximate surface area is 127 Å². The van der Waals surface area contributed by atoms with Crippen LogP contribution in [0.25, 0.3) is 0 Å². The summed E-state index contributed by atoms with van der Waals surface area (Å²) in [5.41, 5.74) is -0.367. The molecule has 1 aliphatic carbocycles. The van der Waals surface area contributed by atoms with E-state index < -0.39 is 18.2 Å². The molecule has 3 nitrogen and oxygen atoms in total. The zero-order valence-electron chi connectivity index (χ0n) is 11.9. The van der Waals surface area contributed by atoms with Crippen molar-refractivity contribution in [2.75, 3.05) is 6.61 Å². The van der Waals surface area contributed by atoms with E-state index in [2.05, 4.69) is 0 Å². The molecule has 2 aromatic carbocycles. The average Bonchev–Trinajstić information content (AvgIpc) is 3.29. The Morgan fingerprint density at radius 3 is 2.32 bits per heavy atom. The van der Waals surface area contributed by atoms with E-state index in [1.165, 1.54) is 12.8 Å². The van der Waals surface area contributed by atoms with E-state index in [4.69, 9.17) is 14.6 Å². The van der Waals surface area contributed by atoms with Crippen LogP contribution < -0.4 is 9.47 Å². The van der Waals surface area contributed by atoms with Crippen molar-refractivity contribution in [1.82, 2.24) is 0 Å². The minimum Gasteiger partial charge on any atom is -0.493 e. The normalized spacial score (nSPS) is 14.0. The van der Waals surface area contributed by atoms with Crippen LogP contribution in [-0.4, -0.2) is 11.7 Å². The molecule has 3 rings (SSSR count). The highest BCUT2D eigenvalue weighted by molar-refractivity contribution is 5.38. The van der Waals surface area contributed by atoms with E-state index in [0.717, 1.165) is 12.1 Å². The molecule has 0 atom stereocenters. The number of hydrogen-bond acceptors (Lipinski definition) is 3. The third-order valence-corrected chi connectivity index (χ3v) is 3.50. The lowest BCUT2D eigenvalue weighted by Gasteiger charge is -2.10. The Hall–Kier alpha value is -2.14. The van der Waals surface area contributed by atoms with Crippen LogP contribution in [0.4, 0.5) is 8.78 Å². The minimum atomic E-state index is -0.835. The second-order valence-corrected chi connectivity index (χ2v) is 5.35. The molecule has 0 aliphatic heterocycles. The predicted molar refractivity (Wildman–Crippen MR) is 77.0 cm³/mol. The summed E-state index contributed by atoms with van der Waals surface area (Å²) in [5, 5.41) is 8.89. The maximum Gasteiger partial charge on any atom is 0.135 e.